The number of nitrogens with two attached hydrogens (primary N) is 1. The normalized spacial score (nSPS) is 13.8. The van der Waals surface area contributed by atoms with Crippen LogP contribution in [0.5, 0.6) is 0 Å². The van der Waals surface area contributed by atoms with Gasteiger partial charge in [0.15, 0.2) is 0 Å². The molecule has 58 valence electrons. The second-order valence-corrected chi connectivity index (χ2v) is 3.84. The van der Waals surface area contributed by atoms with E-state index in [9.17, 15) is 0 Å². The Balaban J connectivity index is 2.50. The first-order valence-electron chi connectivity index (χ1n) is 3.01. The molecule has 1 aromatic rings. The third-order valence-corrected chi connectivity index (χ3v) is 3.02. The van der Waals surface area contributed by atoms with Crippen molar-refractivity contribution in [1.29, 1.82) is 0 Å². The van der Waals surface area contributed by atoms with E-state index in [1.54, 1.807) is 12.5 Å². The number of aromatic nitrogens is 1. The maximum atomic E-state index is 5.48. The number of alkyl halides is 1. The molecule has 0 aliphatic carbocycles. The van der Waals surface area contributed by atoms with E-state index in [1.807, 2.05) is 0 Å². The molecule has 4 heteroatoms. The zero-order valence-corrected chi connectivity index (χ0v) is 7.91. The Labute approximate surface area is 70.6 Å². The summed E-state index contributed by atoms with van der Waals surface area (Å²) in [5, 5.41) is 0. The summed E-state index contributed by atoms with van der Waals surface area (Å²) >= 11 is -0.139. The molecule has 0 aromatic carbocycles. The quantitative estimate of drug-likeness (QED) is 0.376. The van der Waals surface area contributed by atoms with Gasteiger partial charge in [0.05, 0.1) is 0 Å². The van der Waals surface area contributed by atoms with Crippen LogP contribution in [0.2, 0.25) is 0 Å². The predicted octanol–water partition coefficient (Wildman–Crippen LogP) is -2.26. The second-order valence-electron chi connectivity index (χ2n) is 2.08. The molecule has 1 heterocycles. The first-order chi connectivity index (χ1) is 4.84. The van der Waals surface area contributed by atoms with Crippen molar-refractivity contribution in [3.63, 3.8) is 0 Å². The van der Waals surface area contributed by atoms with Crippen molar-refractivity contribution in [2.45, 2.75) is 12.8 Å². The molecule has 1 rings (SSSR count). The van der Waals surface area contributed by atoms with Crippen molar-refractivity contribution in [1.82, 2.24) is 4.98 Å². The molecule has 10 heavy (non-hydrogen) atoms. The molecule has 0 saturated heterocycles. The maximum absolute atomic E-state index is 5.48. The predicted molar refractivity (Wildman–Crippen MR) is 34.0 cm³/mol. The number of nitrogens with zero attached hydrogens (tertiary/aromatic N) is 1. The van der Waals surface area contributed by atoms with Crippen LogP contribution in [0.1, 0.15) is 18.7 Å². The van der Waals surface area contributed by atoms with Gasteiger partial charge in [-0.25, -0.2) is 0 Å². The van der Waals surface area contributed by atoms with Gasteiger partial charge in [-0.1, -0.05) is 0 Å². The summed E-state index contributed by atoms with van der Waals surface area (Å²) in [5.41, 5.74) is 0. The first-order valence-corrected chi connectivity index (χ1v) is 5.79. The average molecular weight is 253 g/mol. The molecule has 0 unspecified atom stereocenters. The summed E-state index contributed by atoms with van der Waals surface area (Å²) in [6, 6.07) is 0. The van der Waals surface area contributed by atoms with Gasteiger partial charge in [0, 0.05) is 0 Å². The Morgan fingerprint density at radius 2 is 2.70 bits per heavy atom. The summed E-state index contributed by atoms with van der Waals surface area (Å²) in [5.74, 6) is 1.21. The van der Waals surface area contributed by atoms with Crippen LogP contribution in [0.4, 0.5) is 0 Å². The van der Waals surface area contributed by atoms with Crippen LogP contribution < -0.4 is 25.4 Å². The monoisotopic (exact) mass is 253 g/mol. The summed E-state index contributed by atoms with van der Waals surface area (Å²) in [4.78, 5) is 4.03. The summed E-state index contributed by atoms with van der Waals surface area (Å²) < 4.78 is 11.6. The second kappa shape index (κ2) is 3.92. The van der Waals surface area contributed by atoms with Crippen molar-refractivity contribution in [3.8, 4) is 0 Å². The zero-order chi connectivity index (χ0) is 7.40. The van der Waals surface area contributed by atoms with Crippen LogP contribution in [0.25, 0.3) is 0 Å². The standard InChI is InChI=1S/C6H10IN2O/c1-5(4-7-8)6-9-2-3-10-6/h2-3,5H,4,8H2,1H3/q-1/t5-/m0/s1. The Bertz CT molecular complexity index is 176. The van der Waals surface area contributed by atoms with E-state index in [4.69, 9.17) is 8.36 Å². The van der Waals surface area contributed by atoms with Crippen molar-refractivity contribution in [2.75, 3.05) is 4.43 Å². The van der Waals surface area contributed by atoms with Crippen LogP contribution in [0.15, 0.2) is 16.9 Å². The Morgan fingerprint density at radius 1 is 1.90 bits per heavy atom. The Hall–Kier alpha value is -0.100. The first kappa shape index (κ1) is 8.00. The topological polar surface area (TPSA) is 52.0 Å². The molecule has 0 radical (unpaired) electrons. The number of hydrogen-bond acceptors (Lipinski definition) is 3. The molecular weight excluding hydrogens is 243 g/mol. The molecule has 1 atom stereocenters. The van der Waals surface area contributed by atoms with Crippen molar-refractivity contribution >= 4 is 0 Å². The van der Waals surface area contributed by atoms with Gasteiger partial charge in [0.25, 0.3) is 0 Å². The van der Waals surface area contributed by atoms with Gasteiger partial charge < -0.3 is 0 Å². The van der Waals surface area contributed by atoms with E-state index in [1.165, 1.54) is 0 Å². The van der Waals surface area contributed by atoms with E-state index in [0.29, 0.717) is 5.92 Å². The number of rotatable bonds is 3. The fraction of sp³-hybridized carbons (Fsp3) is 0.500. The minimum absolute atomic E-state index is 0.139. The zero-order valence-electron chi connectivity index (χ0n) is 5.75. The summed E-state index contributed by atoms with van der Waals surface area (Å²) in [6.07, 6.45) is 3.27. The molecule has 0 bridgehead atoms. The van der Waals surface area contributed by atoms with Gasteiger partial charge in [-0.2, -0.15) is 0 Å². The Kier molecular flexibility index (Phi) is 3.14. The van der Waals surface area contributed by atoms with Crippen LogP contribution in [-0.4, -0.2) is 9.41 Å². The third-order valence-electron chi connectivity index (χ3n) is 1.19. The van der Waals surface area contributed by atoms with E-state index < -0.39 is 0 Å². The van der Waals surface area contributed by atoms with Crippen LogP contribution in [-0.2, 0) is 0 Å². The van der Waals surface area contributed by atoms with Crippen LogP contribution in [0, 0.1) is 0 Å². The van der Waals surface area contributed by atoms with Crippen LogP contribution >= 0.6 is 0 Å². The van der Waals surface area contributed by atoms with E-state index in [2.05, 4.69) is 11.9 Å². The minimum atomic E-state index is -0.139. The summed E-state index contributed by atoms with van der Waals surface area (Å²) in [6.45, 7) is 2.08. The van der Waals surface area contributed by atoms with Gasteiger partial charge in [0.2, 0.25) is 0 Å². The molecule has 0 amide bonds. The molecule has 0 fully saturated rings. The van der Waals surface area contributed by atoms with Gasteiger partial charge >= 0.3 is 70.4 Å². The Morgan fingerprint density at radius 3 is 3.20 bits per heavy atom. The van der Waals surface area contributed by atoms with Gasteiger partial charge in [-0.3, -0.25) is 0 Å². The van der Waals surface area contributed by atoms with Gasteiger partial charge in [-0.05, 0) is 0 Å². The van der Waals surface area contributed by atoms with Crippen molar-refractivity contribution < 1.29 is 25.9 Å². The fourth-order valence-electron chi connectivity index (χ4n) is 0.677. The molecule has 1 aromatic heterocycles. The molecule has 0 aliphatic heterocycles. The molecule has 0 aliphatic rings. The third kappa shape index (κ3) is 1.95. The number of oxazole rings is 1. The molecule has 2 N–H and O–H groups in total. The molecule has 0 saturated carbocycles. The van der Waals surface area contributed by atoms with Crippen molar-refractivity contribution in [3.05, 3.63) is 18.4 Å². The number of halogens is 1. The SMILES string of the molecule is C[C@@H](C[I-]N)c1ncco1. The molecule has 3 nitrogen and oxygen atoms in total. The van der Waals surface area contributed by atoms with Gasteiger partial charge in [0.1, 0.15) is 0 Å². The molecular formula is C6H10IN2O-. The fourth-order valence-corrected chi connectivity index (χ4v) is 1.82. The molecule has 0 spiro atoms. The van der Waals surface area contributed by atoms with E-state index >= 15 is 0 Å². The van der Waals surface area contributed by atoms with Gasteiger partial charge in [-0.15, -0.1) is 0 Å². The average Bonchev–Trinajstić information content (AvgIpc) is 2.38. The van der Waals surface area contributed by atoms with E-state index in [-0.39, 0.29) is 21.5 Å². The van der Waals surface area contributed by atoms with Crippen LogP contribution in [0.3, 0.4) is 0 Å². The van der Waals surface area contributed by atoms with E-state index in [0.717, 1.165) is 10.3 Å². The number of hydrogen-bond donors (Lipinski definition) is 1. The van der Waals surface area contributed by atoms with Crippen molar-refractivity contribution in [2.24, 2.45) is 3.95 Å². The summed E-state index contributed by atoms with van der Waals surface area (Å²) in [7, 11) is 0.